The number of furan rings is 1. The van der Waals surface area contributed by atoms with Crippen LogP contribution in [0.3, 0.4) is 0 Å². The van der Waals surface area contributed by atoms with Gasteiger partial charge in [-0.3, -0.25) is 23.5 Å². The van der Waals surface area contributed by atoms with Gasteiger partial charge in [-0.25, -0.2) is 4.79 Å². The first-order valence-electron chi connectivity index (χ1n) is 11.5. The number of ether oxygens (including phenoxy) is 1. The highest BCUT2D eigenvalue weighted by molar-refractivity contribution is 6.31. The van der Waals surface area contributed by atoms with E-state index >= 15 is 0 Å². The van der Waals surface area contributed by atoms with Gasteiger partial charge in [-0.15, -0.1) is 0 Å². The average Bonchev–Trinajstić information content (AvgIpc) is 3.41. The predicted molar refractivity (Wildman–Crippen MR) is 139 cm³/mol. The van der Waals surface area contributed by atoms with Crippen molar-refractivity contribution < 1.29 is 18.7 Å². The molecule has 2 N–H and O–H groups in total. The van der Waals surface area contributed by atoms with Crippen LogP contribution in [0.4, 0.5) is 5.69 Å². The zero-order valence-corrected chi connectivity index (χ0v) is 20.8. The van der Waals surface area contributed by atoms with Crippen LogP contribution < -0.4 is 26.6 Å². The molecule has 0 aliphatic rings. The van der Waals surface area contributed by atoms with Crippen LogP contribution in [0.25, 0.3) is 10.9 Å². The number of carbonyl (C=O) groups excluding carboxylic acids is 2. The normalized spacial score (nSPS) is 10.9. The van der Waals surface area contributed by atoms with Gasteiger partial charge in [0.2, 0.25) is 11.8 Å². The first kappa shape index (κ1) is 25.8. The molecule has 2 aromatic heterocycles. The minimum absolute atomic E-state index is 0.00814. The fourth-order valence-electron chi connectivity index (χ4n) is 3.88. The number of aromatic nitrogens is 2. The Labute approximate surface area is 216 Å². The Morgan fingerprint density at radius 3 is 2.62 bits per heavy atom. The molecule has 0 radical (unpaired) electrons. The molecule has 0 spiro atoms. The Kier molecular flexibility index (Phi) is 8.09. The van der Waals surface area contributed by atoms with Crippen LogP contribution >= 0.6 is 11.6 Å². The first-order chi connectivity index (χ1) is 17.9. The van der Waals surface area contributed by atoms with Crippen molar-refractivity contribution in [2.45, 2.75) is 32.5 Å². The topological polar surface area (TPSA) is 125 Å². The molecule has 0 saturated heterocycles. The summed E-state index contributed by atoms with van der Waals surface area (Å²) in [5.41, 5.74) is -0.411. The molecular formula is C26H25ClN4O6. The number of nitrogens with one attached hydrogen (secondary N) is 2. The Bertz CT molecular complexity index is 1540. The number of nitrogens with zero attached hydrogens (tertiary/aromatic N) is 2. The molecule has 192 valence electrons. The highest BCUT2D eigenvalue weighted by Crippen LogP contribution is 2.18. The van der Waals surface area contributed by atoms with Crippen molar-refractivity contribution in [3.8, 4) is 5.75 Å². The van der Waals surface area contributed by atoms with Gasteiger partial charge in [0.15, 0.2) is 0 Å². The summed E-state index contributed by atoms with van der Waals surface area (Å²) in [7, 11) is 1.52. The maximum absolute atomic E-state index is 13.3. The van der Waals surface area contributed by atoms with Crippen molar-refractivity contribution in [2.75, 3.05) is 12.4 Å². The van der Waals surface area contributed by atoms with Crippen LogP contribution in [0.15, 0.2) is 74.9 Å². The van der Waals surface area contributed by atoms with Crippen molar-refractivity contribution in [1.29, 1.82) is 0 Å². The third-order valence-corrected chi connectivity index (χ3v) is 5.90. The van der Waals surface area contributed by atoms with Crippen LogP contribution in [0.1, 0.15) is 18.6 Å². The van der Waals surface area contributed by atoms with Gasteiger partial charge in [0.25, 0.3) is 5.56 Å². The molecule has 0 saturated carbocycles. The SMILES string of the molecule is COc1cccc(NC(=O)Cn2c(=O)n(CCCC(=O)NCc3ccco3)c(=O)c3cc(Cl)ccc32)c1. The van der Waals surface area contributed by atoms with Crippen LogP contribution in [0, 0.1) is 0 Å². The molecule has 10 nitrogen and oxygen atoms in total. The summed E-state index contributed by atoms with van der Waals surface area (Å²) in [4.78, 5) is 51.4. The second kappa shape index (κ2) is 11.6. The molecule has 37 heavy (non-hydrogen) atoms. The van der Waals surface area contributed by atoms with E-state index in [0.29, 0.717) is 22.2 Å². The number of benzene rings is 2. The summed E-state index contributed by atoms with van der Waals surface area (Å²) in [6.07, 6.45) is 1.85. The van der Waals surface area contributed by atoms with Gasteiger partial charge >= 0.3 is 5.69 Å². The molecule has 0 aliphatic carbocycles. The monoisotopic (exact) mass is 524 g/mol. The van der Waals surface area contributed by atoms with E-state index in [1.165, 1.54) is 30.1 Å². The molecule has 0 unspecified atom stereocenters. The zero-order valence-electron chi connectivity index (χ0n) is 20.0. The van der Waals surface area contributed by atoms with Crippen LogP contribution in [0.2, 0.25) is 5.02 Å². The van der Waals surface area contributed by atoms with Gasteiger partial charge < -0.3 is 19.8 Å². The smallest absolute Gasteiger partial charge is 0.331 e. The highest BCUT2D eigenvalue weighted by atomic mass is 35.5. The van der Waals surface area contributed by atoms with Crippen LogP contribution in [0.5, 0.6) is 5.75 Å². The number of methoxy groups -OCH3 is 1. The standard InChI is InChI=1S/C26H25ClN4O6/c1-36-19-6-2-5-18(14-19)29-24(33)16-31-22-10-9-17(27)13-21(22)25(34)30(26(31)35)11-3-8-23(32)28-15-20-7-4-12-37-20/h2,4-7,9-10,12-14H,3,8,11,15-16H2,1H3,(H,28,32)(H,29,33). The summed E-state index contributed by atoms with van der Waals surface area (Å²) in [6, 6.07) is 14.8. The lowest BCUT2D eigenvalue weighted by Crippen LogP contribution is -2.42. The molecular weight excluding hydrogens is 500 g/mol. The number of fused-ring (bicyclic) bond motifs is 1. The quantitative estimate of drug-likeness (QED) is 0.328. The molecule has 2 heterocycles. The Balaban J connectivity index is 1.54. The van der Waals surface area contributed by atoms with E-state index in [1.807, 2.05) is 0 Å². The van der Waals surface area contributed by atoms with Crippen LogP contribution in [-0.4, -0.2) is 28.1 Å². The molecule has 0 aliphatic heterocycles. The van der Waals surface area contributed by atoms with Gasteiger partial charge in [0.1, 0.15) is 18.1 Å². The largest absolute Gasteiger partial charge is 0.497 e. The van der Waals surface area contributed by atoms with E-state index in [9.17, 15) is 19.2 Å². The molecule has 2 aromatic carbocycles. The van der Waals surface area contributed by atoms with Gasteiger partial charge in [-0.05, 0) is 48.9 Å². The summed E-state index contributed by atoms with van der Waals surface area (Å²) in [6.45, 7) is -0.0979. The van der Waals surface area contributed by atoms with E-state index in [2.05, 4.69) is 10.6 Å². The lowest BCUT2D eigenvalue weighted by molar-refractivity contribution is -0.121. The van der Waals surface area contributed by atoms with E-state index in [0.717, 1.165) is 4.57 Å². The maximum Gasteiger partial charge on any atom is 0.331 e. The second-order valence-electron chi connectivity index (χ2n) is 8.23. The van der Waals surface area contributed by atoms with Gasteiger partial charge in [0, 0.05) is 29.7 Å². The summed E-state index contributed by atoms with van der Waals surface area (Å²) in [5, 5.41) is 5.97. The number of hydrogen-bond donors (Lipinski definition) is 2. The molecule has 4 aromatic rings. The number of rotatable bonds is 10. The van der Waals surface area contributed by atoms with Crippen molar-refractivity contribution in [3.63, 3.8) is 0 Å². The van der Waals surface area contributed by atoms with Crippen molar-refractivity contribution in [1.82, 2.24) is 14.5 Å². The van der Waals surface area contributed by atoms with Gasteiger partial charge in [0.05, 0.1) is 30.8 Å². The lowest BCUT2D eigenvalue weighted by atomic mass is 10.2. The Morgan fingerprint density at radius 2 is 1.86 bits per heavy atom. The van der Waals surface area contributed by atoms with Crippen molar-refractivity contribution >= 4 is 40.0 Å². The molecule has 0 bridgehead atoms. The molecule has 0 fully saturated rings. The second-order valence-corrected chi connectivity index (χ2v) is 8.66. The fraction of sp³-hybridized carbons (Fsp3) is 0.231. The first-order valence-corrected chi connectivity index (χ1v) is 11.9. The van der Waals surface area contributed by atoms with E-state index in [4.69, 9.17) is 20.8 Å². The van der Waals surface area contributed by atoms with Gasteiger partial charge in [-0.2, -0.15) is 0 Å². The number of hydrogen-bond acceptors (Lipinski definition) is 6. The molecule has 2 amide bonds. The number of anilines is 1. The summed E-state index contributed by atoms with van der Waals surface area (Å²) < 4.78 is 12.6. The Morgan fingerprint density at radius 1 is 1.03 bits per heavy atom. The average molecular weight is 525 g/mol. The van der Waals surface area contributed by atoms with E-state index in [-0.39, 0.29) is 49.3 Å². The minimum atomic E-state index is -0.656. The predicted octanol–water partition coefficient (Wildman–Crippen LogP) is 3.15. The zero-order chi connectivity index (χ0) is 26.4. The Hall–Kier alpha value is -4.31. The highest BCUT2D eigenvalue weighted by Gasteiger charge is 2.16. The van der Waals surface area contributed by atoms with Crippen LogP contribution in [-0.2, 0) is 29.2 Å². The number of halogens is 1. The fourth-order valence-corrected chi connectivity index (χ4v) is 4.05. The van der Waals surface area contributed by atoms with E-state index in [1.54, 1.807) is 42.5 Å². The maximum atomic E-state index is 13.3. The van der Waals surface area contributed by atoms with E-state index < -0.39 is 17.2 Å². The number of carbonyl (C=O) groups is 2. The van der Waals surface area contributed by atoms with Crippen molar-refractivity contribution in [3.05, 3.63) is 92.5 Å². The van der Waals surface area contributed by atoms with Gasteiger partial charge in [-0.1, -0.05) is 17.7 Å². The summed E-state index contributed by atoms with van der Waals surface area (Å²) >= 11 is 6.11. The number of amides is 2. The molecule has 4 rings (SSSR count). The molecule has 0 atom stereocenters. The van der Waals surface area contributed by atoms with Crippen molar-refractivity contribution in [2.24, 2.45) is 0 Å². The third-order valence-electron chi connectivity index (χ3n) is 5.67. The molecule has 11 heteroatoms. The lowest BCUT2D eigenvalue weighted by Gasteiger charge is -2.15. The third kappa shape index (κ3) is 6.28. The minimum Gasteiger partial charge on any atom is -0.497 e. The summed E-state index contributed by atoms with van der Waals surface area (Å²) in [5.74, 6) is 0.475.